The van der Waals surface area contributed by atoms with Crippen LogP contribution >= 0.6 is 0 Å². The first-order valence-corrected chi connectivity index (χ1v) is 9.90. The predicted octanol–water partition coefficient (Wildman–Crippen LogP) is 5.07. The topological polar surface area (TPSA) is 38.3 Å². The first-order valence-electron chi connectivity index (χ1n) is 9.90. The summed E-state index contributed by atoms with van der Waals surface area (Å²) in [4.78, 5) is 12.5. The average Bonchev–Trinajstić information content (AvgIpc) is 2.63. The summed E-state index contributed by atoms with van der Waals surface area (Å²) >= 11 is 0. The summed E-state index contributed by atoms with van der Waals surface area (Å²) in [6.07, 6.45) is 8.10. The van der Waals surface area contributed by atoms with Crippen molar-refractivity contribution >= 4 is 5.91 Å². The van der Waals surface area contributed by atoms with E-state index in [-0.39, 0.29) is 18.1 Å². The highest BCUT2D eigenvalue weighted by atomic mass is 16.5. The monoisotopic (exact) mass is 349 g/mol. The van der Waals surface area contributed by atoms with E-state index in [1.54, 1.807) is 0 Å². The van der Waals surface area contributed by atoms with Crippen molar-refractivity contribution in [3.8, 4) is 5.75 Å². The number of carbonyl (C=O) groups is 1. The molecule has 2 aliphatic rings. The fraction of sp³-hybridized carbons (Fsp3) is 0.435. The van der Waals surface area contributed by atoms with Crippen molar-refractivity contribution in [1.29, 1.82) is 0 Å². The third-order valence-electron chi connectivity index (χ3n) is 5.80. The van der Waals surface area contributed by atoms with Gasteiger partial charge in [0.15, 0.2) is 0 Å². The molecule has 0 spiro atoms. The van der Waals surface area contributed by atoms with Gasteiger partial charge < -0.3 is 10.1 Å². The molecule has 2 fully saturated rings. The largest absolute Gasteiger partial charge is 0.490 e. The molecule has 2 aromatic rings. The molecule has 0 heterocycles. The molecule has 0 aromatic heterocycles. The highest BCUT2D eigenvalue weighted by Crippen LogP contribution is 2.36. The lowest BCUT2D eigenvalue weighted by Crippen LogP contribution is -2.39. The molecule has 0 atom stereocenters. The Balaban J connectivity index is 1.25. The van der Waals surface area contributed by atoms with E-state index in [9.17, 15) is 4.79 Å². The number of hydrogen-bond acceptors (Lipinski definition) is 2. The molecule has 0 bridgehead atoms. The summed E-state index contributed by atoms with van der Waals surface area (Å²) in [6, 6.07) is 18.5. The fourth-order valence-corrected chi connectivity index (χ4v) is 3.93. The first kappa shape index (κ1) is 17.1. The number of nitrogens with one attached hydrogen (secondary N) is 1. The third kappa shape index (κ3) is 4.09. The molecule has 1 amide bonds. The summed E-state index contributed by atoms with van der Waals surface area (Å²) in [5, 5.41) is 3.20. The standard InChI is InChI=1S/C23H27NO2/c25-23(19-11-9-18(10-12-19)17-5-4-6-17)24-20-13-15-22(16-14-20)26-21-7-2-1-3-8-21/h1-3,7-12,17,20,22H,4-6,13-16H2,(H,24,25). The van der Waals surface area contributed by atoms with Crippen molar-refractivity contribution in [2.75, 3.05) is 0 Å². The van der Waals surface area contributed by atoms with Gasteiger partial charge >= 0.3 is 0 Å². The van der Waals surface area contributed by atoms with Gasteiger partial charge in [-0.25, -0.2) is 0 Å². The van der Waals surface area contributed by atoms with E-state index in [0.717, 1.165) is 37.0 Å². The number of benzene rings is 2. The normalized spacial score (nSPS) is 23.1. The molecule has 4 rings (SSSR count). The van der Waals surface area contributed by atoms with E-state index in [2.05, 4.69) is 17.4 Å². The maximum Gasteiger partial charge on any atom is 0.251 e. The Morgan fingerprint density at radius 2 is 1.54 bits per heavy atom. The van der Waals surface area contributed by atoms with E-state index in [4.69, 9.17) is 4.74 Å². The summed E-state index contributed by atoms with van der Waals surface area (Å²) in [6.45, 7) is 0. The minimum Gasteiger partial charge on any atom is -0.490 e. The Bertz CT molecular complexity index is 714. The molecule has 1 N–H and O–H groups in total. The molecule has 0 radical (unpaired) electrons. The third-order valence-corrected chi connectivity index (χ3v) is 5.80. The fourth-order valence-electron chi connectivity index (χ4n) is 3.93. The van der Waals surface area contributed by atoms with Crippen LogP contribution in [-0.4, -0.2) is 18.1 Å². The summed E-state index contributed by atoms with van der Waals surface area (Å²) in [5.74, 6) is 1.70. The van der Waals surface area contributed by atoms with E-state index >= 15 is 0 Å². The van der Waals surface area contributed by atoms with E-state index in [1.165, 1.54) is 24.8 Å². The van der Waals surface area contributed by atoms with Crippen LogP contribution in [0.5, 0.6) is 5.75 Å². The van der Waals surface area contributed by atoms with Gasteiger partial charge in [-0.2, -0.15) is 0 Å². The molecule has 2 saturated carbocycles. The van der Waals surface area contributed by atoms with Gasteiger partial charge in [0.05, 0.1) is 6.10 Å². The Morgan fingerprint density at radius 1 is 0.846 bits per heavy atom. The van der Waals surface area contributed by atoms with E-state index in [0.29, 0.717) is 5.92 Å². The molecular weight excluding hydrogens is 322 g/mol. The number of amides is 1. The van der Waals surface area contributed by atoms with Crippen LogP contribution in [0.2, 0.25) is 0 Å². The molecule has 3 nitrogen and oxygen atoms in total. The quantitative estimate of drug-likeness (QED) is 0.818. The Hall–Kier alpha value is -2.29. The van der Waals surface area contributed by atoms with Gasteiger partial charge in [0.2, 0.25) is 0 Å². The molecule has 0 saturated heterocycles. The number of carbonyl (C=O) groups excluding carboxylic acids is 1. The maximum atomic E-state index is 12.5. The molecule has 136 valence electrons. The second kappa shape index (κ2) is 7.94. The zero-order valence-electron chi connectivity index (χ0n) is 15.2. The Labute approximate surface area is 155 Å². The van der Waals surface area contributed by atoms with E-state index in [1.807, 2.05) is 42.5 Å². The minimum absolute atomic E-state index is 0.0533. The van der Waals surface area contributed by atoms with Gasteiger partial charge in [0.25, 0.3) is 5.91 Å². The number of para-hydroxylation sites is 1. The Morgan fingerprint density at radius 3 is 2.15 bits per heavy atom. The van der Waals surface area contributed by atoms with Crippen LogP contribution in [-0.2, 0) is 0 Å². The average molecular weight is 349 g/mol. The van der Waals surface area contributed by atoms with Crippen LogP contribution in [0.1, 0.15) is 66.8 Å². The van der Waals surface area contributed by atoms with Crippen LogP contribution < -0.4 is 10.1 Å². The molecule has 3 heteroatoms. The molecule has 0 aliphatic heterocycles. The van der Waals surface area contributed by atoms with Crippen LogP contribution in [0.15, 0.2) is 54.6 Å². The number of ether oxygens (including phenoxy) is 1. The van der Waals surface area contributed by atoms with Gasteiger partial charge in [-0.3, -0.25) is 4.79 Å². The molecular formula is C23H27NO2. The predicted molar refractivity (Wildman–Crippen MR) is 104 cm³/mol. The lowest BCUT2D eigenvalue weighted by Gasteiger charge is -2.29. The Kier molecular flexibility index (Phi) is 5.24. The van der Waals surface area contributed by atoms with Gasteiger partial charge in [0, 0.05) is 11.6 Å². The zero-order valence-corrected chi connectivity index (χ0v) is 15.2. The van der Waals surface area contributed by atoms with Gasteiger partial charge in [-0.1, -0.05) is 36.8 Å². The van der Waals surface area contributed by atoms with Gasteiger partial charge in [0.1, 0.15) is 5.75 Å². The molecule has 2 aliphatic carbocycles. The smallest absolute Gasteiger partial charge is 0.251 e. The van der Waals surface area contributed by atoms with Gasteiger partial charge in [-0.05, 0) is 74.3 Å². The van der Waals surface area contributed by atoms with Crippen molar-refractivity contribution < 1.29 is 9.53 Å². The molecule has 2 aromatic carbocycles. The van der Waals surface area contributed by atoms with Crippen molar-refractivity contribution in [2.45, 2.75) is 63.0 Å². The van der Waals surface area contributed by atoms with E-state index < -0.39 is 0 Å². The van der Waals surface area contributed by atoms with Crippen LogP contribution in [0.25, 0.3) is 0 Å². The summed E-state index contributed by atoms with van der Waals surface area (Å²) in [7, 11) is 0. The van der Waals surface area contributed by atoms with Crippen LogP contribution in [0.4, 0.5) is 0 Å². The lowest BCUT2D eigenvalue weighted by atomic mass is 9.80. The van der Waals surface area contributed by atoms with Crippen molar-refractivity contribution in [1.82, 2.24) is 5.32 Å². The minimum atomic E-state index is 0.0533. The van der Waals surface area contributed by atoms with Gasteiger partial charge in [-0.15, -0.1) is 0 Å². The molecule has 0 unspecified atom stereocenters. The van der Waals surface area contributed by atoms with Crippen molar-refractivity contribution in [2.24, 2.45) is 0 Å². The SMILES string of the molecule is O=C(NC1CCC(Oc2ccccc2)CC1)c1ccc(C2CCC2)cc1. The second-order valence-corrected chi connectivity index (χ2v) is 7.63. The molecule has 26 heavy (non-hydrogen) atoms. The highest BCUT2D eigenvalue weighted by molar-refractivity contribution is 5.94. The van der Waals surface area contributed by atoms with Crippen molar-refractivity contribution in [3.63, 3.8) is 0 Å². The summed E-state index contributed by atoms with van der Waals surface area (Å²) < 4.78 is 6.03. The van der Waals surface area contributed by atoms with Crippen LogP contribution in [0, 0.1) is 0 Å². The number of hydrogen-bond donors (Lipinski definition) is 1. The first-order chi connectivity index (χ1) is 12.8. The zero-order chi connectivity index (χ0) is 17.8. The lowest BCUT2D eigenvalue weighted by molar-refractivity contribution is 0.0894. The van der Waals surface area contributed by atoms with Crippen LogP contribution in [0.3, 0.4) is 0 Å². The second-order valence-electron chi connectivity index (χ2n) is 7.63. The number of rotatable bonds is 5. The summed E-state index contributed by atoms with van der Waals surface area (Å²) in [5.41, 5.74) is 2.15. The van der Waals surface area contributed by atoms with Crippen molar-refractivity contribution in [3.05, 3.63) is 65.7 Å². The maximum absolute atomic E-state index is 12.5. The highest BCUT2D eigenvalue weighted by Gasteiger charge is 2.24.